The fourth-order valence-corrected chi connectivity index (χ4v) is 3.52. The van der Waals surface area contributed by atoms with Crippen LogP contribution >= 0.6 is 15.9 Å². The van der Waals surface area contributed by atoms with Crippen molar-refractivity contribution in [1.29, 1.82) is 0 Å². The van der Waals surface area contributed by atoms with Gasteiger partial charge in [0.05, 0.1) is 18.9 Å². The summed E-state index contributed by atoms with van der Waals surface area (Å²) in [4.78, 5) is 24.8. The molecule has 0 aliphatic rings. The first-order valence-corrected chi connectivity index (χ1v) is 11.5. The van der Waals surface area contributed by atoms with Crippen molar-refractivity contribution in [3.8, 4) is 17.2 Å². The average molecular weight is 537 g/mol. The summed E-state index contributed by atoms with van der Waals surface area (Å²) in [5, 5.41) is 3.98. The highest BCUT2D eigenvalue weighted by Gasteiger charge is 2.14. The summed E-state index contributed by atoms with van der Waals surface area (Å²) < 4.78 is 17.2. The van der Waals surface area contributed by atoms with E-state index in [0.717, 1.165) is 15.6 Å². The molecule has 180 valence electrons. The highest BCUT2D eigenvalue weighted by molar-refractivity contribution is 9.10. The van der Waals surface area contributed by atoms with Gasteiger partial charge in [-0.1, -0.05) is 46.3 Å². The van der Waals surface area contributed by atoms with Crippen LogP contribution in [0.5, 0.6) is 17.2 Å². The van der Waals surface area contributed by atoms with Gasteiger partial charge in [0.2, 0.25) is 0 Å². The van der Waals surface area contributed by atoms with Crippen LogP contribution in [0.1, 0.15) is 27.0 Å². The lowest BCUT2D eigenvalue weighted by Gasteiger charge is -2.11. The Morgan fingerprint density at radius 3 is 2.57 bits per heavy atom. The first-order chi connectivity index (χ1) is 16.9. The summed E-state index contributed by atoms with van der Waals surface area (Å²) in [5.74, 6) is 0.323. The molecule has 0 atom stereocenters. The molecule has 7 nitrogen and oxygen atoms in total. The number of nitrogens with one attached hydrogen (secondary N) is 1. The number of amides is 1. The second-order valence-corrected chi connectivity index (χ2v) is 8.36. The second kappa shape index (κ2) is 12.5. The van der Waals surface area contributed by atoms with Crippen LogP contribution in [0.3, 0.4) is 0 Å². The molecule has 0 aliphatic carbocycles. The van der Waals surface area contributed by atoms with Crippen molar-refractivity contribution in [2.75, 3.05) is 13.7 Å². The van der Waals surface area contributed by atoms with Crippen LogP contribution in [0.4, 0.5) is 0 Å². The standard InChI is InChI=1S/C27H25BrN2O5/c1-4-7-19-10-12-24(25(14-19)33-3)34-17-26(31)30-29-16-20-15-21(28)11-13-23(20)35-27(32)22-9-6-5-8-18(22)2/h4-6,8-16H,1,7,17H2,2-3H3,(H,30,31)/b29-16+. The molecule has 0 spiro atoms. The minimum atomic E-state index is -0.481. The monoisotopic (exact) mass is 536 g/mol. The van der Waals surface area contributed by atoms with Gasteiger partial charge in [0.25, 0.3) is 5.91 Å². The van der Waals surface area contributed by atoms with Gasteiger partial charge >= 0.3 is 5.97 Å². The zero-order chi connectivity index (χ0) is 25.2. The summed E-state index contributed by atoms with van der Waals surface area (Å²) in [6.07, 6.45) is 3.89. The quantitative estimate of drug-likeness (QED) is 0.126. The Hall–Kier alpha value is -3.91. The van der Waals surface area contributed by atoms with Gasteiger partial charge in [-0.2, -0.15) is 5.10 Å². The number of rotatable bonds is 10. The maximum atomic E-state index is 12.6. The summed E-state index contributed by atoms with van der Waals surface area (Å²) in [7, 11) is 1.53. The van der Waals surface area contributed by atoms with Crippen LogP contribution in [0.25, 0.3) is 0 Å². The van der Waals surface area contributed by atoms with Crippen molar-refractivity contribution in [3.63, 3.8) is 0 Å². The molecular formula is C27H25BrN2O5. The number of hydrogen-bond donors (Lipinski definition) is 1. The van der Waals surface area contributed by atoms with Crippen LogP contribution in [0.15, 0.2) is 82.9 Å². The Bertz CT molecular complexity index is 1260. The lowest BCUT2D eigenvalue weighted by molar-refractivity contribution is -0.123. The van der Waals surface area contributed by atoms with Crippen LogP contribution in [0.2, 0.25) is 0 Å². The maximum absolute atomic E-state index is 12.6. The molecule has 0 saturated carbocycles. The van der Waals surface area contributed by atoms with Gasteiger partial charge in [0.15, 0.2) is 18.1 Å². The number of halogens is 1. The van der Waals surface area contributed by atoms with Gasteiger partial charge in [0.1, 0.15) is 5.75 Å². The number of benzene rings is 3. The average Bonchev–Trinajstić information content (AvgIpc) is 2.85. The lowest BCUT2D eigenvalue weighted by Crippen LogP contribution is -2.24. The Kier molecular flexibility index (Phi) is 9.20. The Labute approximate surface area is 212 Å². The largest absolute Gasteiger partial charge is 0.493 e. The minimum absolute atomic E-state index is 0.262. The molecule has 0 unspecified atom stereocenters. The summed E-state index contributed by atoms with van der Waals surface area (Å²) >= 11 is 3.39. The molecule has 3 aromatic carbocycles. The van der Waals surface area contributed by atoms with Crippen LogP contribution in [0, 0.1) is 6.92 Å². The first kappa shape index (κ1) is 25.7. The van der Waals surface area contributed by atoms with E-state index in [0.29, 0.717) is 34.8 Å². The minimum Gasteiger partial charge on any atom is -0.493 e. The summed E-state index contributed by atoms with van der Waals surface area (Å²) in [6, 6.07) is 17.7. The van der Waals surface area contributed by atoms with Crippen molar-refractivity contribution in [1.82, 2.24) is 5.43 Å². The molecule has 0 saturated heterocycles. The number of carbonyl (C=O) groups excluding carboxylic acids is 2. The predicted octanol–water partition coefficient (Wildman–Crippen LogP) is 5.24. The highest BCUT2D eigenvalue weighted by Crippen LogP contribution is 2.28. The fraction of sp³-hybridized carbons (Fsp3) is 0.148. The van der Waals surface area contributed by atoms with E-state index in [1.54, 1.807) is 42.5 Å². The number of ether oxygens (including phenoxy) is 3. The van der Waals surface area contributed by atoms with E-state index in [2.05, 4.69) is 33.0 Å². The number of esters is 1. The number of aryl methyl sites for hydroxylation is 1. The molecule has 0 aromatic heterocycles. The van der Waals surface area contributed by atoms with Crippen LogP contribution in [-0.2, 0) is 11.2 Å². The Morgan fingerprint density at radius 1 is 1.06 bits per heavy atom. The van der Waals surface area contributed by atoms with Gasteiger partial charge in [-0.3, -0.25) is 4.79 Å². The number of methoxy groups -OCH3 is 1. The van der Waals surface area contributed by atoms with Crippen molar-refractivity contribution >= 4 is 34.0 Å². The smallest absolute Gasteiger partial charge is 0.343 e. The second-order valence-electron chi connectivity index (χ2n) is 7.45. The van der Waals surface area contributed by atoms with E-state index in [1.807, 2.05) is 31.2 Å². The summed E-state index contributed by atoms with van der Waals surface area (Å²) in [6.45, 7) is 5.29. The zero-order valence-corrected chi connectivity index (χ0v) is 21.0. The fourth-order valence-electron chi connectivity index (χ4n) is 3.14. The third-order valence-electron chi connectivity index (χ3n) is 4.90. The van der Waals surface area contributed by atoms with E-state index in [4.69, 9.17) is 14.2 Å². The third-order valence-corrected chi connectivity index (χ3v) is 5.39. The molecule has 0 heterocycles. The number of carbonyl (C=O) groups is 2. The van der Waals surface area contributed by atoms with Gasteiger partial charge in [0, 0.05) is 10.0 Å². The molecule has 35 heavy (non-hydrogen) atoms. The van der Waals surface area contributed by atoms with E-state index in [9.17, 15) is 9.59 Å². The van der Waals surface area contributed by atoms with Crippen molar-refractivity contribution in [2.24, 2.45) is 5.10 Å². The molecule has 0 radical (unpaired) electrons. The topological polar surface area (TPSA) is 86.2 Å². The molecular weight excluding hydrogens is 512 g/mol. The Balaban J connectivity index is 1.62. The van der Waals surface area contributed by atoms with Crippen molar-refractivity contribution < 1.29 is 23.8 Å². The zero-order valence-electron chi connectivity index (χ0n) is 19.4. The SMILES string of the molecule is C=CCc1ccc(OCC(=O)N/N=C/c2cc(Br)ccc2OC(=O)c2ccccc2C)c(OC)c1. The number of hydrazone groups is 1. The van der Waals surface area contributed by atoms with E-state index in [1.165, 1.54) is 13.3 Å². The van der Waals surface area contributed by atoms with E-state index >= 15 is 0 Å². The molecule has 8 heteroatoms. The highest BCUT2D eigenvalue weighted by atomic mass is 79.9. The van der Waals surface area contributed by atoms with Crippen LogP contribution < -0.4 is 19.6 Å². The molecule has 0 bridgehead atoms. The van der Waals surface area contributed by atoms with E-state index < -0.39 is 11.9 Å². The van der Waals surface area contributed by atoms with Gasteiger partial charge < -0.3 is 14.2 Å². The van der Waals surface area contributed by atoms with Crippen molar-refractivity contribution in [2.45, 2.75) is 13.3 Å². The van der Waals surface area contributed by atoms with E-state index in [-0.39, 0.29) is 6.61 Å². The van der Waals surface area contributed by atoms with Crippen molar-refractivity contribution in [3.05, 3.63) is 100 Å². The van der Waals surface area contributed by atoms with Gasteiger partial charge in [-0.25, -0.2) is 10.2 Å². The third kappa shape index (κ3) is 7.28. The normalized spacial score (nSPS) is 10.6. The maximum Gasteiger partial charge on any atom is 0.343 e. The number of allylic oxidation sites excluding steroid dienone is 1. The molecule has 0 fully saturated rings. The summed E-state index contributed by atoms with van der Waals surface area (Å²) in [5.41, 5.74) is 5.21. The molecule has 1 amide bonds. The lowest BCUT2D eigenvalue weighted by atomic mass is 10.1. The molecule has 1 N–H and O–H groups in total. The molecule has 0 aliphatic heterocycles. The molecule has 3 rings (SSSR count). The van der Waals surface area contributed by atoms with Gasteiger partial charge in [-0.15, -0.1) is 6.58 Å². The Morgan fingerprint density at radius 2 is 1.83 bits per heavy atom. The number of nitrogens with zero attached hydrogens (tertiary/aromatic N) is 1. The molecule has 3 aromatic rings. The number of hydrogen-bond acceptors (Lipinski definition) is 6. The van der Waals surface area contributed by atoms with Gasteiger partial charge in [-0.05, 0) is 60.9 Å². The van der Waals surface area contributed by atoms with Crippen LogP contribution in [-0.4, -0.2) is 31.8 Å². The first-order valence-electron chi connectivity index (χ1n) is 10.7. The predicted molar refractivity (Wildman–Crippen MR) is 138 cm³/mol.